The second-order valence-corrected chi connectivity index (χ2v) is 4.58. The predicted molar refractivity (Wildman–Crippen MR) is 54.9 cm³/mol. The molecule has 1 aliphatic rings. The summed E-state index contributed by atoms with van der Waals surface area (Å²) in [7, 11) is 0. The van der Waals surface area contributed by atoms with Crippen LogP contribution < -0.4 is 5.32 Å². The normalized spacial score (nSPS) is 22.9. The van der Waals surface area contributed by atoms with Crippen molar-refractivity contribution in [3.63, 3.8) is 0 Å². The lowest BCUT2D eigenvalue weighted by Crippen LogP contribution is -2.46. The summed E-state index contributed by atoms with van der Waals surface area (Å²) in [4.78, 5) is 11.7. The lowest BCUT2D eigenvalue weighted by molar-refractivity contribution is -0.485. The molecule has 1 amide bonds. The summed E-state index contributed by atoms with van der Waals surface area (Å²) < 4.78 is 6.93. The van der Waals surface area contributed by atoms with Crippen molar-refractivity contribution in [3.8, 4) is 0 Å². The van der Waals surface area contributed by atoms with Gasteiger partial charge in [0.15, 0.2) is 12.3 Å². The van der Waals surface area contributed by atoms with Crippen molar-refractivity contribution in [3.05, 3.63) is 0 Å². The highest BCUT2D eigenvalue weighted by Crippen LogP contribution is 2.09. The van der Waals surface area contributed by atoms with Crippen LogP contribution in [-0.4, -0.2) is 41.6 Å². The maximum Gasteiger partial charge on any atom is 0.596 e. The van der Waals surface area contributed by atoms with Crippen LogP contribution in [0.15, 0.2) is 0 Å². The average molecular weight is 199 g/mol. The van der Waals surface area contributed by atoms with Crippen LogP contribution >= 0.6 is 0 Å². The first-order valence-electron chi connectivity index (χ1n) is 4.95. The Morgan fingerprint density at radius 3 is 2.71 bits per heavy atom. The van der Waals surface area contributed by atoms with Crippen molar-refractivity contribution in [1.82, 2.24) is 5.32 Å². The van der Waals surface area contributed by atoms with Crippen molar-refractivity contribution < 1.29 is 14.1 Å². The molecule has 0 bridgehead atoms. The number of hydrogen-bond donors (Lipinski definition) is 1. The molecule has 0 aromatic carbocycles. The molecule has 1 rings (SSSR count). The van der Waals surface area contributed by atoms with Crippen LogP contribution in [0.3, 0.4) is 0 Å². The Bertz CT molecular complexity index is 253. The molecule has 1 N–H and O–H groups in total. The number of nitrogens with zero attached hydrogens (tertiary/aromatic N) is 1. The summed E-state index contributed by atoms with van der Waals surface area (Å²) in [5.41, 5.74) is -0.421. The molecule has 0 fully saturated rings. The highest BCUT2D eigenvalue weighted by atomic mass is 16.6. The van der Waals surface area contributed by atoms with Crippen LogP contribution in [-0.2, 0) is 4.74 Å². The molecule has 1 atom stereocenters. The van der Waals surface area contributed by atoms with Gasteiger partial charge in [-0.2, -0.15) is 4.79 Å². The summed E-state index contributed by atoms with van der Waals surface area (Å²) in [5, 5.41) is 3.18. The Kier molecular flexibility index (Phi) is 3.26. The maximum absolute atomic E-state index is 11.7. The molecule has 0 saturated carbocycles. The van der Waals surface area contributed by atoms with E-state index >= 15 is 0 Å². The standard InChI is InChI=1S/C10H19N2O2/c1-8-7-11-5-6-12(8)9(13)14-10(2,3)4/h6,8,11H,5,7H2,1-4H3/q+1/t8-/m0/s1. The lowest BCUT2D eigenvalue weighted by atomic mass is 10.2. The topological polar surface area (TPSA) is 41.3 Å². The second-order valence-electron chi connectivity index (χ2n) is 4.58. The fourth-order valence-electron chi connectivity index (χ4n) is 1.30. The van der Waals surface area contributed by atoms with E-state index in [0.717, 1.165) is 13.1 Å². The predicted octanol–water partition coefficient (Wildman–Crippen LogP) is 0.996. The summed E-state index contributed by atoms with van der Waals surface area (Å²) in [6, 6.07) is 0.165. The Morgan fingerprint density at radius 1 is 1.57 bits per heavy atom. The Balaban J connectivity index is 2.64. The van der Waals surface area contributed by atoms with E-state index < -0.39 is 5.60 Å². The first kappa shape index (κ1) is 11.2. The van der Waals surface area contributed by atoms with Crippen LogP contribution in [0.4, 0.5) is 4.79 Å². The van der Waals surface area contributed by atoms with Gasteiger partial charge >= 0.3 is 6.09 Å². The quantitative estimate of drug-likeness (QED) is 0.592. The van der Waals surface area contributed by atoms with Crippen molar-refractivity contribution >= 4 is 12.3 Å². The number of nitrogens with one attached hydrogen (secondary N) is 1. The minimum Gasteiger partial charge on any atom is -0.406 e. The van der Waals surface area contributed by atoms with E-state index in [1.165, 1.54) is 0 Å². The minimum absolute atomic E-state index is 0.165. The van der Waals surface area contributed by atoms with E-state index in [2.05, 4.69) is 5.32 Å². The molecular weight excluding hydrogens is 180 g/mol. The summed E-state index contributed by atoms with van der Waals surface area (Å²) in [5.74, 6) is 0. The van der Waals surface area contributed by atoms with E-state index in [4.69, 9.17) is 4.74 Å². The lowest BCUT2D eigenvalue weighted by Gasteiger charge is -2.20. The SMILES string of the molecule is C[C@H]1CNCC=[N+]1C(=O)OC(C)(C)C. The minimum atomic E-state index is -0.421. The number of ether oxygens (including phenoxy) is 1. The Labute approximate surface area is 84.9 Å². The van der Waals surface area contributed by atoms with Crippen LogP contribution in [0, 0.1) is 0 Å². The number of rotatable bonds is 0. The molecule has 0 unspecified atom stereocenters. The fourth-order valence-corrected chi connectivity index (χ4v) is 1.30. The van der Waals surface area contributed by atoms with E-state index in [9.17, 15) is 4.79 Å². The summed E-state index contributed by atoms with van der Waals surface area (Å²) in [6.07, 6.45) is 1.58. The average Bonchev–Trinajstić information content (AvgIpc) is 2.01. The van der Waals surface area contributed by atoms with Crippen LogP contribution in [0.2, 0.25) is 0 Å². The van der Waals surface area contributed by atoms with E-state index in [0.29, 0.717) is 0 Å². The largest absolute Gasteiger partial charge is 0.596 e. The zero-order valence-corrected chi connectivity index (χ0v) is 9.33. The van der Waals surface area contributed by atoms with Gasteiger partial charge < -0.3 is 10.1 Å². The highest BCUT2D eigenvalue weighted by molar-refractivity contribution is 5.68. The third-order valence-electron chi connectivity index (χ3n) is 1.95. The number of carbonyl (C=O) groups is 1. The zero-order valence-electron chi connectivity index (χ0n) is 9.33. The molecule has 0 aromatic heterocycles. The molecule has 1 heterocycles. The van der Waals surface area contributed by atoms with Gasteiger partial charge in [0.05, 0.1) is 13.1 Å². The first-order chi connectivity index (χ1) is 6.40. The second kappa shape index (κ2) is 4.09. The van der Waals surface area contributed by atoms with Crippen molar-refractivity contribution in [2.24, 2.45) is 0 Å². The molecule has 4 nitrogen and oxygen atoms in total. The molecule has 14 heavy (non-hydrogen) atoms. The van der Waals surface area contributed by atoms with E-state index in [1.807, 2.05) is 33.9 Å². The van der Waals surface area contributed by atoms with Gasteiger partial charge in [-0.3, -0.25) is 0 Å². The Morgan fingerprint density at radius 2 is 2.21 bits per heavy atom. The van der Waals surface area contributed by atoms with Gasteiger partial charge in [0.2, 0.25) is 0 Å². The van der Waals surface area contributed by atoms with Gasteiger partial charge in [0, 0.05) is 0 Å². The number of hydrogen-bond acceptors (Lipinski definition) is 3. The van der Waals surface area contributed by atoms with Gasteiger partial charge in [-0.15, -0.1) is 4.58 Å². The summed E-state index contributed by atoms with van der Waals surface area (Å²) >= 11 is 0. The van der Waals surface area contributed by atoms with Gasteiger partial charge in [-0.1, -0.05) is 0 Å². The molecule has 0 aromatic rings. The van der Waals surface area contributed by atoms with Crippen molar-refractivity contribution in [2.75, 3.05) is 13.1 Å². The highest BCUT2D eigenvalue weighted by Gasteiger charge is 2.31. The van der Waals surface area contributed by atoms with Crippen LogP contribution in [0.1, 0.15) is 27.7 Å². The smallest absolute Gasteiger partial charge is 0.406 e. The third-order valence-corrected chi connectivity index (χ3v) is 1.95. The van der Waals surface area contributed by atoms with E-state index in [1.54, 1.807) is 4.58 Å². The van der Waals surface area contributed by atoms with Gasteiger partial charge in [0.1, 0.15) is 5.60 Å². The van der Waals surface area contributed by atoms with Crippen LogP contribution in [0.5, 0.6) is 0 Å². The molecule has 80 valence electrons. The Hall–Kier alpha value is -0.900. The van der Waals surface area contributed by atoms with E-state index in [-0.39, 0.29) is 12.1 Å². The molecule has 4 heteroatoms. The molecular formula is C10H19N2O2+. The monoisotopic (exact) mass is 199 g/mol. The molecule has 0 saturated heterocycles. The van der Waals surface area contributed by atoms with Crippen molar-refractivity contribution in [2.45, 2.75) is 39.3 Å². The third kappa shape index (κ3) is 3.10. The number of carbonyl (C=O) groups excluding carboxylic acids is 1. The molecule has 1 aliphatic heterocycles. The van der Waals surface area contributed by atoms with Crippen LogP contribution in [0.25, 0.3) is 0 Å². The molecule has 0 radical (unpaired) electrons. The van der Waals surface area contributed by atoms with Crippen molar-refractivity contribution in [1.29, 1.82) is 0 Å². The van der Waals surface area contributed by atoms with Gasteiger partial charge in [-0.25, -0.2) is 0 Å². The molecule has 0 spiro atoms. The maximum atomic E-state index is 11.7. The molecule has 0 aliphatic carbocycles. The first-order valence-corrected chi connectivity index (χ1v) is 4.95. The summed E-state index contributed by atoms with van der Waals surface area (Å²) in [6.45, 7) is 9.15. The fraction of sp³-hybridized carbons (Fsp3) is 0.800. The number of amides is 1. The zero-order chi connectivity index (χ0) is 10.8. The van der Waals surface area contributed by atoms with Gasteiger partial charge in [-0.05, 0) is 27.7 Å². The van der Waals surface area contributed by atoms with Gasteiger partial charge in [0.25, 0.3) is 0 Å².